The van der Waals surface area contributed by atoms with E-state index in [1.165, 1.54) is 13.3 Å². The molecule has 0 saturated carbocycles. The van der Waals surface area contributed by atoms with E-state index in [4.69, 9.17) is 4.74 Å². The molecule has 4 aromatic rings. The highest BCUT2D eigenvalue weighted by Gasteiger charge is 2.15. The third kappa shape index (κ3) is 1.61. The molecular formula is C16H11N3O2. The number of carbonyl (C=O) groups excluding carboxylic acids is 1. The summed E-state index contributed by atoms with van der Waals surface area (Å²) < 4.78 is 6.54. The van der Waals surface area contributed by atoms with Crippen LogP contribution in [0.4, 0.5) is 0 Å². The fraction of sp³-hybridized carbons (Fsp3) is 0.0625. The number of pyridine rings is 2. The third-order valence-electron chi connectivity index (χ3n) is 3.62. The molecule has 0 unspecified atom stereocenters. The minimum Gasteiger partial charge on any atom is -0.465 e. The Morgan fingerprint density at radius 2 is 1.95 bits per heavy atom. The van der Waals surface area contributed by atoms with E-state index in [1.807, 2.05) is 36.4 Å². The van der Waals surface area contributed by atoms with Crippen molar-refractivity contribution in [2.75, 3.05) is 7.11 Å². The van der Waals surface area contributed by atoms with Crippen molar-refractivity contribution in [1.29, 1.82) is 0 Å². The van der Waals surface area contributed by atoms with Crippen molar-refractivity contribution in [3.63, 3.8) is 0 Å². The molecule has 0 bridgehead atoms. The van der Waals surface area contributed by atoms with Gasteiger partial charge in [0, 0.05) is 17.0 Å². The second-order valence-corrected chi connectivity index (χ2v) is 4.76. The number of nitrogens with zero attached hydrogens (tertiary/aromatic N) is 3. The van der Waals surface area contributed by atoms with Gasteiger partial charge in [-0.3, -0.25) is 4.98 Å². The monoisotopic (exact) mass is 277 g/mol. The van der Waals surface area contributed by atoms with E-state index < -0.39 is 5.97 Å². The summed E-state index contributed by atoms with van der Waals surface area (Å²) in [6.07, 6.45) is 3.29. The Hall–Kier alpha value is -2.95. The summed E-state index contributed by atoms with van der Waals surface area (Å²) >= 11 is 0. The van der Waals surface area contributed by atoms with Gasteiger partial charge in [-0.05, 0) is 12.1 Å². The maximum Gasteiger partial charge on any atom is 0.341 e. The first kappa shape index (κ1) is 11.8. The van der Waals surface area contributed by atoms with E-state index in [1.54, 1.807) is 10.7 Å². The SMILES string of the molecule is COC(=O)c1cnn2c1ccc1ccc3cccnc3c12. The summed E-state index contributed by atoms with van der Waals surface area (Å²) in [5.41, 5.74) is 2.92. The van der Waals surface area contributed by atoms with Crippen LogP contribution in [0, 0.1) is 0 Å². The summed E-state index contributed by atoms with van der Waals surface area (Å²) in [5, 5.41) is 6.40. The quantitative estimate of drug-likeness (QED) is 0.396. The normalized spacial score (nSPS) is 11.3. The molecule has 0 aliphatic carbocycles. The van der Waals surface area contributed by atoms with Crippen LogP contribution in [0.2, 0.25) is 0 Å². The van der Waals surface area contributed by atoms with Gasteiger partial charge in [0.2, 0.25) is 0 Å². The van der Waals surface area contributed by atoms with E-state index >= 15 is 0 Å². The van der Waals surface area contributed by atoms with Crippen LogP contribution in [0.25, 0.3) is 27.3 Å². The van der Waals surface area contributed by atoms with Crippen LogP contribution >= 0.6 is 0 Å². The largest absolute Gasteiger partial charge is 0.465 e. The molecule has 102 valence electrons. The van der Waals surface area contributed by atoms with Gasteiger partial charge in [-0.2, -0.15) is 5.10 Å². The number of ether oxygens (including phenoxy) is 1. The Morgan fingerprint density at radius 1 is 1.14 bits per heavy atom. The number of hydrogen-bond donors (Lipinski definition) is 0. The molecule has 0 aliphatic rings. The molecule has 21 heavy (non-hydrogen) atoms. The van der Waals surface area contributed by atoms with E-state index in [-0.39, 0.29) is 0 Å². The molecule has 0 radical (unpaired) electrons. The first-order valence-electron chi connectivity index (χ1n) is 6.52. The molecule has 0 amide bonds. The molecule has 3 aromatic heterocycles. The molecule has 1 aromatic carbocycles. The van der Waals surface area contributed by atoms with Crippen molar-refractivity contribution >= 4 is 33.3 Å². The van der Waals surface area contributed by atoms with Gasteiger partial charge >= 0.3 is 5.97 Å². The molecule has 0 atom stereocenters. The minimum atomic E-state index is -0.391. The standard InChI is InChI=1S/C16H11N3O2/c1-21-16(20)12-9-18-19-13(12)7-6-11-5-4-10-3-2-8-17-14(10)15(11)19/h2-9H,1H3. The molecule has 5 nitrogen and oxygen atoms in total. The van der Waals surface area contributed by atoms with Crippen LogP contribution in [-0.2, 0) is 4.74 Å². The molecule has 4 rings (SSSR count). The van der Waals surface area contributed by atoms with Crippen molar-refractivity contribution in [1.82, 2.24) is 14.6 Å². The van der Waals surface area contributed by atoms with Crippen LogP contribution in [0.5, 0.6) is 0 Å². The number of carbonyl (C=O) groups is 1. The summed E-state index contributed by atoms with van der Waals surface area (Å²) in [6.45, 7) is 0. The summed E-state index contributed by atoms with van der Waals surface area (Å²) in [5.74, 6) is -0.391. The lowest BCUT2D eigenvalue weighted by molar-refractivity contribution is 0.0603. The van der Waals surface area contributed by atoms with Crippen molar-refractivity contribution in [2.45, 2.75) is 0 Å². The highest BCUT2D eigenvalue weighted by Crippen LogP contribution is 2.25. The summed E-state index contributed by atoms with van der Waals surface area (Å²) in [4.78, 5) is 16.3. The number of hydrogen-bond acceptors (Lipinski definition) is 4. The average molecular weight is 277 g/mol. The second-order valence-electron chi connectivity index (χ2n) is 4.76. The Bertz CT molecular complexity index is 1000. The van der Waals surface area contributed by atoms with Gasteiger partial charge in [0.15, 0.2) is 0 Å². The zero-order valence-corrected chi connectivity index (χ0v) is 11.3. The molecule has 0 N–H and O–H groups in total. The first-order chi connectivity index (χ1) is 10.3. The Labute approximate surface area is 119 Å². The number of esters is 1. The highest BCUT2D eigenvalue weighted by molar-refractivity contribution is 6.06. The average Bonchev–Trinajstić information content (AvgIpc) is 2.97. The smallest absolute Gasteiger partial charge is 0.341 e. The fourth-order valence-corrected chi connectivity index (χ4v) is 2.63. The minimum absolute atomic E-state index is 0.391. The lowest BCUT2D eigenvalue weighted by Crippen LogP contribution is -2.00. The van der Waals surface area contributed by atoms with Crippen LogP contribution in [0.15, 0.2) is 48.8 Å². The third-order valence-corrected chi connectivity index (χ3v) is 3.62. The van der Waals surface area contributed by atoms with E-state index in [9.17, 15) is 4.79 Å². The Balaban J connectivity index is 2.20. The van der Waals surface area contributed by atoms with Crippen LogP contribution in [0.1, 0.15) is 10.4 Å². The van der Waals surface area contributed by atoms with E-state index in [0.717, 1.165) is 21.8 Å². The van der Waals surface area contributed by atoms with Crippen LogP contribution in [0.3, 0.4) is 0 Å². The number of rotatable bonds is 1. The van der Waals surface area contributed by atoms with E-state index in [2.05, 4.69) is 10.1 Å². The van der Waals surface area contributed by atoms with Gasteiger partial charge < -0.3 is 4.74 Å². The molecular weight excluding hydrogens is 266 g/mol. The van der Waals surface area contributed by atoms with Crippen LogP contribution < -0.4 is 0 Å². The van der Waals surface area contributed by atoms with Crippen molar-refractivity contribution < 1.29 is 9.53 Å². The second kappa shape index (κ2) is 4.28. The highest BCUT2D eigenvalue weighted by atomic mass is 16.5. The zero-order valence-electron chi connectivity index (χ0n) is 11.3. The van der Waals surface area contributed by atoms with E-state index in [0.29, 0.717) is 11.1 Å². The maximum atomic E-state index is 11.8. The molecule has 0 fully saturated rings. The number of fused-ring (bicyclic) bond motifs is 5. The lowest BCUT2D eigenvalue weighted by atomic mass is 10.1. The van der Waals surface area contributed by atoms with Gasteiger partial charge in [0.05, 0.1) is 29.9 Å². The topological polar surface area (TPSA) is 56.5 Å². The summed E-state index contributed by atoms with van der Waals surface area (Å²) in [6, 6.07) is 11.8. The predicted molar refractivity (Wildman–Crippen MR) is 79.3 cm³/mol. The van der Waals surface area contributed by atoms with Crippen molar-refractivity contribution in [3.8, 4) is 0 Å². The summed E-state index contributed by atoms with van der Waals surface area (Å²) in [7, 11) is 1.36. The van der Waals surface area contributed by atoms with Gasteiger partial charge in [-0.15, -0.1) is 0 Å². The molecule has 5 heteroatoms. The van der Waals surface area contributed by atoms with Crippen molar-refractivity contribution in [2.24, 2.45) is 0 Å². The van der Waals surface area contributed by atoms with Crippen molar-refractivity contribution in [3.05, 3.63) is 54.4 Å². The lowest BCUT2D eigenvalue weighted by Gasteiger charge is -2.05. The number of benzene rings is 1. The maximum absolute atomic E-state index is 11.8. The Kier molecular flexibility index (Phi) is 2.41. The number of aromatic nitrogens is 3. The van der Waals surface area contributed by atoms with Gasteiger partial charge in [-0.1, -0.05) is 24.3 Å². The zero-order chi connectivity index (χ0) is 14.4. The molecule has 0 spiro atoms. The van der Waals surface area contributed by atoms with Gasteiger partial charge in [0.1, 0.15) is 5.56 Å². The molecule has 3 heterocycles. The van der Waals surface area contributed by atoms with Gasteiger partial charge in [0.25, 0.3) is 0 Å². The molecule has 0 saturated heterocycles. The fourth-order valence-electron chi connectivity index (χ4n) is 2.63. The number of methoxy groups -OCH3 is 1. The molecule has 0 aliphatic heterocycles. The predicted octanol–water partition coefficient (Wildman–Crippen LogP) is 2.82. The van der Waals surface area contributed by atoms with Crippen LogP contribution in [-0.4, -0.2) is 27.7 Å². The first-order valence-corrected chi connectivity index (χ1v) is 6.52. The van der Waals surface area contributed by atoms with Gasteiger partial charge in [-0.25, -0.2) is 9.31 Å². The Morgan fingerprint density at radius 3 is 2.81 bits per heavy atom.